The van der Waals surface area contributed by atoms with Crippen LogP contribution in [0.3, 0.4) is 0 Å². The van der Waals surface area contributed by atoms with E-state index >= 15 is 0 Å². The van der Waals surface area contributed by atoms with Gasteiger partial charge in [0.2, 0.25) is 0 Å². The summed E-state index contributed by atoms with van der Waals surface area (Å²) in [6.07, 6.45) is 0. The maximum absolute atomic E-state index is 13.0. The Hall–Kier alpha value is -1.91. The Labute approximate surface area is 127 Å². The van der Waals surface area contributed by atoms with Gasteiger partial charge in [-0.2, -0.15) is 0 Å². The van der Waals surface area contributed by atoms with Gasteiger partial charge in [-0.05, 0) is 23.3 Å². The Kier molecular flexibility index (Phi) is 5.31. The van der Waals surface area contributed by atoms with Gasteiger partial charge >= 0.3 is 5.97 Å². The number of benzene rings is 2. The molecule has 2 aromatic rings. The first-order valence-electron chi connectivity index (χ1n) is 6.42. The number of methoxy groups -OCH3 is 1. The van der Waals surface area contributed by atoms with E-state index in [0.29, 0.717) is 17.1 Å². The van der Waals surface area contributed by atoms with Crippen molar-refractivity contribution in [2.24, 2.45) is 0 Å². The Morgan fingerprint density at radius 2 is 2.00 bits per heavy atom. The lowest BCUT2D eigenvalue weighted by molar-refractivity contribution is -0.143. The summed E-state index contributed by atoms with van der Waals surface area (Å²) in [5.41, 5.74) is 1.51. The van der Waals surface area contributed by atoms with Crippen molar-refractivity contribution in [1.29, 1.82) is 0 Å². The van der Waals surface area contributed by atoms with E-state index in [1.165, 1.54) is 19.2 Å². The highest BCUT2D eigenvalue weighted by Crippen LogP contribution is 2.20. The summed E-state index contributed by atoms with van der Waals surface area (Å²) in [5.74, 6) is -0.782. The molecule has 0 aliphatic heterocycles. The number of esters is 1. The minimum absolute atomic E-state index is 0.319. The van der Waals surface area contributed by atoms with Crippen LogP contribution >= 0.6 is 11.6 Å². The van der Waals surface area contributed by atoms with Crippen LogP contribution in [-0.4, -0.2) is 13.1 Å². The summed E-state index contributed by atoms with van der Waals surface area (Å²) in [7, 11) is 1.34. The molecule has 5 heteroatoms. The van der Waals surface area contributed by atoms with Gasteiger partial charge in [-0.25, -0.2) is 9.18 Å². The van der Waals surface area contributed by atoms with Crippen molar-refractivity contribution in [3.05, 3.63) is 70.5 Å². The largest absolute Gasteiger partial charge is 0.468 e. The summed E-state index contributed by atoms with van der Waals surface area (Å²) in [5, 5.41) is 3.40. The second kappa shape index (κ2) is 7.20. The van der Waals surface area contributed by atoms with Gasteiger partial charge in [-0.3, -0.25) is 5.32 Å². The molecule has 21 heavy (non-hydrogen) atoms. The van der Waals surface area contributed by atoms with Crippen LogP contribution in [0.5, 0.6) is 0 Å². The predicted octanol–water partition coefficient (Wildman–Crippen LogP) is 3.48. The minimum Gasteiger partial charge on any atom is -0.468 e. The monoisotopic (exact) mass is 307 g/mol. The molecule has 110 valence electrons. The number of rotatable bonds is 5. The van der Waals surface area contributed by atoms with Crippen LogP contribution in [0.15, 0.2) is 48.5 Å². The van der Waals surface area contributed by atoms with Crippen molar-refractivity contribution in [1.82, 2.24) is 5.32 Å². The third-order valence-electron chi connectivity index (χ3n) is 3.08. The number of carbonyl (C=O) groups is 1. The lowest BCUT2D eigenvalue weighted by Gasteiger charge is -2.17. The van der Waals surface area contributed by atoms with Gasteiger partial charge in [0.15, 0.2) is 0 Å². The van der Waals surface area contributed by atoms with E-state index in [4.69, 9.17) is 16.3 Å². The van der Waals surface area contributed by atoms with Gasteiger partial charge in [0.1, 0.15) is 11.9 Å². The first-order chi connectivity index (χ1) is 10.1. The second-order valence-electron chi connectivity index (χ2n) is 4.48. The Morgan fingerprint density at radius 3 is 2.62 bits per heavy atom. The number of halogens is 2. The summed E-state index contributed by atoms with van der Waals surface area (Å²) >= 11 is 5.98. The van der Waals surface area contributed by atoms with Crippen LogP contribution in [0.2, 0.25) is 5.02 Å². The molecule has 0 amide bonds. The molecule has 1 atom stereocenters. The molecule has 2 aromatic carbocycles. The standard InChI is InChI=1S/C16H15ClFNO2/c1-21-16(20)15(11-5-3-2-4-6-11)19-10-12-7-8-13(18)9-14(12)17/h2-9,15,19H,10H2,1H3. The fourth-order valence-corrected chi connectivity index (χ4v) is 2.21. The fourth-order valence-electron chi connectivity index (χ4n) is 1.98. The molecule has 0 aromatic heterocycles. The van der Waals surface area contributed by atoms with E-state index in [2.05, 4.69) is 5.32 Å². The number of nitrogens with one attached hydrogen (secondary N) is 1. The molecule has 0 radical (unpaired) electrons. The number of carbonyl (C=O) groups excluding carboxylic acids is 1. The highest BCUT2D eigenvalue weighted by molar-refractivity contribution is 6.31. The van der Waals surface area contributed by atoms with Crippen LogP contribution in [0.1, 0.15) is 17.2 Å². The van der Waals surface area contributed by atoms with Crippen LogP contribution in [0, 0.1) is 5.82 Å². The molecule has 1 N–H and O–H groups in total. The van der Waals surface area contributed by atoms with E-state index in [9.17, 15) is 9.18 Å². The zero-order valence-corrected chi connectivity index (χ0v) is 12.2. The fraction of sp³-hybridized carbons (Fsp3) is 0.188. The van der Waals surface area contributed by atoms with Crippen LogP contribution in [-0.2, 0) is 16.1 Å². The lowest BCUT2D eigenvalue weighted by atomic mass is 10.1. The SMILES string of the molecule is COC(=O)C(NCc1ccc(F)cc1Cl)c1ccccc1. The molecule has 0 heterocycles. The van der Waals surface area contributed by atoms with Gasteiger partial charge < -0.3 is 4.74 Å². The van der Waals surface area contributed by atoms with Gasteiger partial charge in [-0.15, -0.1) is 0 Å². The van der Waals surface area contributed by atoms with Crippen molar-refractivity contribution >= 4 is 17.6 Å². The number of hydrogen-bond acceptors (Lipinski definition) is 3. The summed E-state index contributed by atoms with van der Waals surface area (Å²) in [6.45, 7) is 0.327. The van der Waals surface area contributed by atoms with E-state index in [1.807, 2.05) is 30.3 Å². The maximum atomic E-state index is 13.0. The molecule has 1 unspecified atom stereocenters. The highest BCUT2D eigenvalue weighted by Gasteiger charge is 2.20. The number of hydrogen-bond donors (Lipinski definition) is 1. The summed E-state index contributed by atoms with van der Waals surface area (Å²) in [4.78, 5) is 11.9. The van der Waals surface area contributed by atoms with Gasteiger partial charge in [0.25, 0.3) is 0 Å². The van der Waals surface area contributed by atoms with Gasteiger partial charge in [0.05, 0.1) is 7.11 Å². The van der Waals surface area contributed by atoms with E-state index in [0.717, 1.165) is 5.56 Å². The van der Waals surface area contributed by atoms with Crippen molar-refractivity contribution in [3.8, 4) is 0 Å². The van der Waals surface area contributed by atoms with Crippen molar-refractivity contribution < 1.29 is 13.9 Å². The van der Waals surface area contributed by atoms with Crippen LogP contribution in [0.25, 0.3) is 0 Å². The smallest absolute Gasteiger partial charge is 0.327 e. The third kappa shape index (κ3) is 4.03. The molecule has 0 saturated heterocycles. The Morgan fingerprint density at radius 1 is 1.29 bits per heavy atom. The highest BCUT2D eigenvalue weighted by atomic mass is 35.5. The van der Waals surface area contributed by atoms with Crippen LogP contribution < -0.4 is 5.32 Å². The van der Waals surface area contributed by atoms with Gasteiger partial charge in [0, 0.05) is 11.6 Å². The zero-order chi connectivity index (χ0) is 15.2. The molecule has 0 aliphatic carbocycles. The van der Waals surface area contributed by atoms with Crippen molar-refractivity contribution in [2.45, 2.75) is 12.6 Å². The van der Waals surface area contributed by atoms with Crippen molar-refractivity contribution in [3.63, 3.8) is 0 Å². The zero-order valence-electron chi connectivity index (χ0n) is 11.5. The first kappa shape index (κ1) is 15.5. The molecule has 0 spiro atoms. The maximum Gasteiger partial charge on any atom is 0.327 e. The molecule has 3 nitrogen and oxygen atoms in total. The van der Waals surface area contributed by atoms with Crippen LogP contribution in [0.4, 0.5) is 4.39 Å². The average Bonchev–Trinajstić information content (AvgIpc) is 2.50. The molecule has 0 fully saturated rings. The van der Waals surface area contributed by atoms with E-state index in [-0.39, 0.29) is 5.97 Å². The third-order valence-corrected chi connectivity index (χ3v) is 3.43. The molecule has 0 aliphatic rings. The molecular formula is C16H15ClFNO2. The Bertz CT molecular complexity index is 619. The molecule has 0 bridgehead atoms. The minimum atomic E-state index is -0.600. The van der Waals surface area contributed by atoms with E-state index in [1.54, 1.807) is 6.07 Å². The Balaban J connectivity index is 2.15. The van der Waals surface area contributed by atoms with Gasteiger partial charge in [-0.1, -0.05) is 48.0 Å². The molecule has 2 rings (SSSR count). The second-order valence-corrected chi connectivity index (χ2v) is 4.89. The van der Waals surface area contributed by atoms with E-state index < -0.39 is 11.9 Å². The van der Waals surface area contributed by atoms with Crippen molar-refractivity contribution in [2.75, 3.05) is 7.11 Å². The average molecular weight is 308 g/mol. The summed E-state index contributed by atoms with van der Waals surface area (Å²) in [6, 6.07) is 12.8. The molecule has 0 saturated carbocycles. The molecular weight excluding hydrogens is 293 g/mol. The lowest BCUT2D eigenvalue weighted by Crippen LogP contribution is -2.29. The normalized spacial score (nSPS) is 12.0. The first-order valence-corrected chi connectivity index (χ1v) is 6.79. The number of ether oxygens (including phenoxy) is 1. The topological polar surface area (TPSA) is 38.3 Å². The summed E-state index contributed by atoms with van der Waals surface area (Å²) < 4.78 is 17.8. The quantitative estimate of drug-likeness (QED) is 0.859. The predicted molar refractivity (Wildman–Crippen MR) is 79.4 cm³/mol.